The van der Waals surface area contributed by atoms with Crippen LogP contribution in [0.25, 0.3) is 0 Å². The lowest BCUT2D eigenvalue weighted by atomic mass is 9.99. The molecular weight excluding hydrogens is 288 g/mol. The molecule has 0 heterocycles. The van der Waals surface area contributed by atoms with Gasteiger partial charge in [0.2, 0.25) is 5.91 Å². The molecule has 126 valence electrons. The topological polar surface area (TPSA) is 58.2 Å². The van der Waals surface area contributed by atoms with Gasteiger partial charge < -0.3 is 10.6 Å². The van der Waals surface area contributed by atoms with Crippen molar-refractivity contribution < 1.29 is 9.59 Å². The molecule has 1 aliphatic rings. The highest BCUT2D eigenvalue weighted by molar-refractivity contribution is 5.97. The first kappa shape index (κ1) is 17.5. The van der Waals surface area contributed by atoms with Gasteiger partial charge in [-0.2, -0.15) is 0 Å². The summed E-state index contributed by atoms with van der Waals surface area (Å²) in [5, 5.41) is 5.88. The highest BCUT2D eigenvalue weighted by Crippen LogP contribution is 2.24. The normalized spacial score (nSPS) is 16.0. The number of amides is 2. The molecule has 1 aliphatic carbocycles. The number of hydrogen-bond donors (Lipinski definition) is 2. The number of hydrogen-bond acceptors (Lipinski definition) is 2. The van der Waals surface area contributed by atoms with Crippen molar-refractivity contribution in [3.05, 3.63) is 29.8 Å². The maximum absolute atomic E-state index is 12.4. The molecule has 23 heavy (non-hydrogen) atoms. The molecule has 1 aromatic rings. The lowest BCUT2D eigenvalue weighted by molar-refractivity contribution is -0.120. The summed E-state index contributed by atoms with van der Waals surface area (Å²) in [5.41, 5.74) is 1.29. The zero-order chi connectivity index (χ0) is 16.7. The van der Waals surface area contributed by atoms with Crippen molar-refractivity contribution in [2.24, 2.45) is 11.8 Å². The zero-order valence-corrected chi connectivity index (χ0v) is 14.2. The van der Waals surface area contributed by atoms with E-state index in [9.17, 15) is 9.59 Å². The lowest BCUT2D eigenvalue weighted by Crippen LogP contribution is -2.27. The Hall–Kier alpha value is -1.84. The van der Waals surface area contributed by atoms with E-state index >= 15 is 0 Å². The summed E-state index contributed by atoms with van der Waals surface area (Å²) in [6, 6.07) is 7.18. The Morgan fingerprint density at radius 2 is 1.83 bits per heavy atom. The minimum absolute atomic E-state index is 0.0895. The molecule has 2 amide bonds. The van der Waals surface area contributed by atoms with Gasteiger partial charge in [-0.1, -0.05) is 45.6 Å². The third-order valence-corrected chi connectivity index (χ3v) is 4.29. The molecule has 0 atom stereocenters. The van der Waals surface area contributed by atoms with Gasteiger partial charge in [-0.3, -0.25) is 9.59 Å². The zero-order valence-electron chi connectivity index (χ0n) is 14.2. The van der Waals surface area contributed by atoms with Gasteiger partial charge in [0, 0.05) is 23.7 Å². The van der Waals surface area contributed by atoms with Gasteiger partial charge in [-0.05, 0) is 37.0 Å². The van der Waals surface area contributed by atoms with Crippen molar-refractivity contribution in [2.75, 3.05) is 11.9 Å². The highest BCUT2D eigenvalue weighted by atomic mass is 16.2. The van der Waals surface area contributed by atoms with Gasteiger partial charge in [0.25, 0.3) is 5.91 Å². The monoisotopic (exact) mass is 316 g/mol. The van der Waals surface area contributed by atoms with E-state index in [4.69, 9.17) is 0 Å². The van der Waals surface area contributed by atoms with Crippen molar-refractivity contribution >= 4 is 17.5 Å². The van der Waals surface area contributed by atoms with Crippen molar-refractivity contribution in [3.63, 3.8) is 0 Å². The Morgan fingerprint density at radius 3 is 2.48 bits per heavy atom. The predicted octanol–water partition coefficient (Wildman–Crippen LogP) is 3.98. The Bertz CT molecular complexity index is 532. The Balaban J connectivity index is 1.96. The van der Waals surface area contributed by atoms with E-state index in [0.29, 0.717) is 23.7 Å². The second-order valence-electron chi connectivity index (χ2n) is 6.86. The van der Waals surface area contributed by atoms with Crippen LogP contribution in [0, 0.1) is 11.8 Å². The van der Waals surface area contributed by atoms with E-state index in [0.717, 1.165) is 25.7 Å². The van der Waals surface area contributed by atoms with Crippen LogP contribution in [0.5, 0.6) is 0 Å². The molecule has 4 heteroatoms. The minimum atomic E-state index is -0.0933. The molecule has 0 unspecified atom stereocenters. The third-order valence-electron chi connectivity index (χ3n) is 4.29. The van der Waals surface area contributed by atoms with Gasteiger partial charge in [0.15, 0.2) is 0 Å². The Labute approximate surface area is 139 Å². The smallest absolute Gasteiger partial charge is 0.251 e. The maximum atomic E-state index is 12.4. The van der Waals surface area contributed by atoms with Gasteiger partial charge in [0.05, 0.1) is 0 Å². The van der Waals surface area contributed by atoms with Crippen LogP contribution in [-0.4, -0.2) is 18.4 Å². The number of rotatable bonds is 5. The fourth-order valence-electron chi connectivity index (χ4n) is 2.92. The average Bonchev–Trinajstić information content (AvgIpc) is 2.82. The first-order valence-electron chi connectivity index (χ1n) is 8.75. The van der Waals surface area contributed by atoms with Gasteiger partial charge in [-0.15, -0.1) is 0 Å². The van der Waals surface area contributed by atoms with Crippen molar-refractivity contribution in [1.29, 1.82) is 0 Å². The highest BCUT2D eigenvalue weighted by Gasteiger charge is 2.20. The fraction of sp³-hybridized carbons (Fsp3) is 0.579. The Morgan fingerprint density at radius 1 is 1.13 bits per heavy atom. The lowest BCUT2D eigenvalue weighted by Gasteiger charge is -2.15. The van der Waals surface area contributed by atoms with Crippen molar-refractivity contribution in [3.8, 4) is 0 Å². The minimum Gasteiger partial charge on any atom is -0.352 e. The van der Waals surface area contributed by atoms with Crippen LogP contribution in [0.2, 0.25) is 0 Å². The van der Waals surface area contributed by atoms with Gasteiger partial charge >= 0.3 is 0 Å². The molecule has 1 aromatic carbocycles. The van der Waals surface area contributed by atoms with E-state index < -0.39 is 0 Å². The second-order valence-corrected chi connectivity index (χ2v) is 6.86. The van der Waals surface area contributed by atoms with Crippen LogP contribution in [0.1, 0.15) is 62.7 Å². The quantitative estimate of drug-likeness (QED) is 0.807. The van der Waals surface area contributed by atoms with Gasteiger partial charge in [0.1, 0.15) is 0 Å². The summed E-state index contributed by atoms with van der Waals surface area (Å²) in [4.78, 5) is 24.5. The first-order valence-corrected chi connectivity index (χ1v) is 8.75. The number of anilines is 1. The first-order chi connectivity index (χ1) is 11.1. The molecule has 4 nitrogen and oxygen atoms in total. The molecule has 0 aromatic heterocycles. The molecular formula is C19H28N2O2. The van der Waals surface area contributed by atoms with Gasteiger partial charge in [-0.25, -0.2) is 0 Å². The predicted molar refractivity (Wildman–Crippen MR) is 93.4 cm³/mol. The molecule has 1 saturated carbocycles. The standard InChI is InChI=1S/C19H28N2O2/c1-14(2)13-20-18(22)16-10-7-11-17(12-16)21-19(23)15-8-5-3-4-6-9-15/h7,10-12,14-15H,3-6,8-9,13H2,1-2H3,(H,20,22)(H,21,23). The summed E-state index contributed by atoms with van der Waals surface area (Å²) in [7, 11) is 0. The summed E-state index contributed by atoms with van der Waals surface area (Å²) in [6.45, 7) is 4.77. The number of benzene rings is 1. The maximum Gasteiger partial charge on any atom is 0.251 e. The van der Waals surface area contributed by atoms with Crippen LogP contribution in [-0.2, 0) is 4.79 Å². The number of carbonyl (C=O) groups is 2. The molecule has 0 spiro atoms. The van der Waals surface area contributed by atoms with Crippen LogP contribution < -0.4 is 10.6 Å². The third kappa shape index (κ3) is 5.70. The number of carbonyl (C=O) groups excluding carboxylic acids is 2. The van der Waals surface area contributed by atoms with Crippen LogP contribution in [0.15, 0.2) is 24.3 Å². The average molecular weight is 316 g/mol. The summed E-state index contributed by atoms with van der Waals surface area (Å²) in [6.07, 6.45) is 6.68. The molecule has 0 saturated heterocycles. The molecule has 2 rings (SSSR count). The van der Waals surface area contributed by atoms with Crippen LogP contribution in [0.3, 0.4) is 0 Å². The molecule has 0 bridgehead atoms. The summed E-state index contributed by atoms with van der Waals surface area (Å²) < 4.78 is 0. The van der Waals surface area contributed by atoms with E-state index in [1.165, 1.54) is 12.8 Å². The largest absolute Gasteiger partial charge is 0.352 e. The van der Waals surface area contributed by atoms with E-state index in [-0.39, 0.29) is 17.7 Å². The molecule has 2 N–H and O–H groups in total. The van der Waals surface area contributed by atoms with E-state index in [1.54, 1.807) is 12.1 Å². The Kier molecular flexibility index (Phi) is 6.63. The van der Waals surface area contributed by atoms with Crippen LogP contribution >= 0.6 is 0 Å². The summed E-state index contributed by atoms with van der Waals surface area (Å²) in [5.74, 6) is 0.517. The number of nitrogens with one attached hydrogen (secondary N) is 2. The van der Waals surface area contributed by atoms with E-state index in [2.05, 4.69) is 24.5 Å². The second kappa shape index (κ2) is 8.70. The summed E-state index contributed by atoms with van der Waals surface area (Å²) >= 11 is 0. The van der Waals surface area contributed by atoms with Crippen molar-refractivity contribution in [1.82, 2.24) is 5.32 Å². The van der Waals surface area contributed by atoms with Crippen LogP contribution in [0.4, 0.5) is 5.69 Å². The molecule has 1 fully saturated rings. The fourth-order valence-corrected chi connectivity index (χ4v) is 2.92. The van der Waals surface area contributed by atoms with E-state index in [1.807, 2.05) is 12.1 Å². The van der Waals surface area contributed by atoms with Crippen molar-refractivity contribution in [2.45, 2.75) is 52.4 Å². The molecule has 0 radical (unpaired) electrons. The molecule has 0 aliphatic heterocycles. The SMILES string of the molecule is CC(C)CNC(=O)c1cccc(NC(=O)C2CCCCCC2)c1.